The van der Waals surface area contributed by atoms with Gasteiger partial charge in [0, 0.05) is 11.2 Å². The highest BCUT2D eigenvalue weighted by Gasteiger charge is 2.39. The van der Waals surface area contributed by atoms with Gasteiger partial charge in [-0.3, -0.25) is 4.79 Å². The molecule has 0 saturated carbocycles. The lowest BCUT2D eigenvalue weighted by atomic mass is 9.80. The topological polar surface area (TPSA) is 42.4 Å². The fourth-order valence-electron chi connectivity index (χ4n) is 4.11. The molecule has 0 bridgehead atoms. The summed E-state index contributed by atoms with van der Waals surface area (Å²) in [5.74, 6) is 1.71. The molecule has 0 saturated heterocycles. The van der Waals surface area contributed by atoms with Gasteiger partial charge in [-0.2, -0.15) is 0 Å². The van der Waals surface area contributed by atoms with Gasteiger partial charge in [0.05, 0.1) is 23.1 Å². The summed E-state index contributed by atoms with van der Waals surface area (Å²) >= 11 is 3.16. The maximum absolute atomic E-state index is 13.3. The number of rotatable bonds is 4. The van der Waals surface area contributed by atoms with Crippen LogP contribution in [0.2, 0.25) is 0 Å². The van der Waals surface area contributed by atoms with Gasteiger partial charge in [-0.25, -0.2) is 4.98 Å². The number of para-hydroxylation sites is 1. The third-order valence-corrected chi connectivity index (χ3v) is 7.42. The molecule has 0 radical (unpaired) electrons. The molecule has 1 atom stereocenters. The van der Waals surface area contributed by atoms with Gasteiger partial charge in [-0.05, 0) is 62.1 Å². The molecule has 1 aliphatic rings. The fourth-order valence-corrected chi connectivity index (χ4v) is 6.03. The van der Waals surface area contributed by atoms with E-state index in [1.807, 2.05) is 35.2 Å². The minimum Gasteiger partial charge on any atom is -0.497 e. The molecule has 146 valence electrons. The number of aromatic nitrogens is 1. The van der Waals surface area contributed by atoms with E-state index in [4.69, 9.17) is 4.74 Å². The number of carbonyl (C=O) groups is 1. The second kappa shape index (κ2) is 7.41. The van der Waals surface area contributed by atoms with Crippen LogP contribution in [-0.4, -0.2) is 29.3 Å². The van der Waals surface area contributed by atoms with Crippen molar-refractivity contribution < 1.29 is 9.53 Å². The van der Waals surface area contributed by atoms with Crippen LogP contribution in [0, 0.1) is 0 Å². The Hall–Kier alpha value is -2.05. The lowest BCUT2D eigenvalue weighted by molar-refractivity contribution is -0.117. The third kappa shape index (κ3) is 3.51. The zero-order valence-corrected chi connectivity index (χ0v) is 18.2. The number of amides is 1. The molecule has 3 aromatic rings. The van der Waals surface area contributed by atoms with Crippen LogP contribution in [0.4, 0.5) is 5.69 Å². The number of anilines is 1. The van der Waals surface area contributed by atoms with E-state index in [1.54, 1.807) is 18.4 Å². The molecule has 0 fully saturated rings. The second-order valence-electron chi connectivity index (χ2n) is 7.81. The first-order chi connectivity index (χ1) is 13.4. The molecular formula is C22H24N2O2S2. The van der Waals surface area contributed by atoms with Gasteiger partial charge >= 0.3 is 0 Å². The highest BCUT2D eigenvalue weighted by atomic mass is 32.2. The number of thiazole rings is 1. The summed E-state index contributed by atoms with van der Waals surface area (Å²) in [7, 11) is 1.68. The Labute approximate surface area is 173 Å². The third-order valence-electron chi connectivity index (χ3n) is 5.26. The number of thioether (sulfide) groups is 1. The van der Waals surface area contributed by atoms with E-state index in [1.165, 1.54) is 17.3 Å². The number of benzene rings is 2. The highest BCUT2D eigenvalue weighted by molar-refractivity contribution is 8.01. The first-order valence-corrected chi connectivity index (χ1v) is 11.2. The smallest absolute Gasteiger partial charge is 0.237 e. The van der Waals surface area contributed by atoms with E-state index in [0.717, 1.165) is 32.4 Å². The zero-order valence-electron chi connectivity index (χ0n) is 16.6. The van der Waals surface area contributed by atoms with Gasteiger partial charge in [0.25, 0.3) is 0 Å². The number of hydrogen-bond donors (Lipinski definition) is 0. The largest absolute Gasteiger partial charge is 0.497 e. The van der Waals surface area contributed by atoms with Crippen molar-refractivity contribution in [3.8, 4) is 5.75 Å². The first-order valence-electron chi connectivity index (χ1n) is 9.38. The molecule has 2 aromatic carbocycles. The van der Waals surface area contributed by atoms with E-state index in [-0.39, 0.29) is 11.4 Å². The van der Waals surface area contributed by atoms with Crippen molar-refractivity contribution in [1.82, 2.24) is 4.98 Å². The monoisotopic (exact) mass is 412 g/mol. The van der Waals surface area contributed by atoms with Gasteiger partial charge in [0.2, 0.25) is 5.91 Å². The molecular weight excluding hydrogens is 388 g/mol. The number of fused-ring (bicyclic) bond motifs is 2. The molecule has 4 rings (SSSR count). The standard InChI is InChI=1S/C22H24N2O2S2/c1-14-12-22(2,3)24(18-10-9-15(26-4)11-16(14)18)20(25)13-27-21-23-17-7-5-6-8-19(17)28-21/h5-11,14H,12-13H2,1-4H3/t14-/m1/s1. The van der Waals surface area contributed by atoms with Crippen LogP contribution < -0.4 is 9.64 Å². The summed E-state index contributed by atoms with van der Waals surface area (Å²) in [4.78, 5) is 19.9. The Bertz CT molecular complexity index is 995. The van der Waals surface area contributed by atoms with Crippen molar-refractivity contribution in [2.75, 3.05) is 17.8 Å². The number of hydrogen-bond acceptors (Lipinski definition) is 5. The van der Waals surface area contributed by atoms with Crippen molar-refractivity contribution in [3.05, 3.63) is 48.0 Å². The Balaban J connectivity index is 1.59. The van der Waals surface area contributed by atoms with Crippen LogP contribution in [0.5, 0.6) is 5.75 Å². The molecule has 0 aliphatic carbocycles. The Morgan fingerprint density at radius 2 is 2.11 bits per heavy atom. The zero-order chi connectivity index (χ0) is 19.9. The lowest BCUT2D eigenvalue weighted by Gasteiger charge is -2.46. The predicted octanol–water partition coefficient (Wildman–Crippen LogP) is 5.72. The number of nitrogens with zero attached hydrogens (tertiary/aromatic N) is 2. The summed E-state index contributed by atoms with van der Waals surface area (Å²) < 4.78 is 7.49. The van der Waals surface area contributed by atoms with E-state index in [2.05, 4.69) is 37.9 Å². The summed E-state index contributed by atoms with van der Waals surface area (Å²) in [6, 6.07) is 14.1. The van der Waals surface area contributed by atoms with Crippen molar-refractivity contribution in [2.24, 2.45) is 0 Å². The molecule has 4 nitrogen and oxygen atoms in total. The summed E-state index contributed by atoms with van der Waals surface area (Å²) in [6.45, 7) is 6.52. The Morgan fingerprint density at radius 1 is 1.32 bits per heavy atom. The molecule has 6 heteroatoms. The number of ether oxygens (including phenoxy) is 1. The van der Waals surface area contributed by atoms with Crippen LogP contribution in [0.1, 0.15) is 38.7 Å². The Morgan fingerprint density at radius 3 is 2.86 bits per heavy atom. The van der Waals surface area contributed by atoms with Crippen molar-refractivity contribution in [1.29, 1.82) is 0 Å². The number of methoxy groups -OCH3 is 1. The SMILES string of the molecule is COc1ccc2c(c1)[C@H](C)CC(C)(C)N2C(=O)CSc1nc2ccccc2s1. The van der Waals surface area contributed by atoms with Crippen LogP contribution in [0.15, 0.2) is 46.8 Å². The van der Waals surface area contributed by atoms with Crippen LogP contribution >= 0.6 is 23.1 Å². The Kier molecular flexibility index (Phi) is 5.10. The maximum atomic E-state index is 13.3. The molecule has 28 heavy (non-hydrogen) atoms. The first kappa shape index (κ1) is 19.3. The molecule has 0 N–H and O–H groups in total. The maximum Gasteiger partial charge on any atom is 0.237 e. The van der Waals surface area contributed by atoms with E-state index >= 15 is 0 Å². The summed E-state index contributed by atoms with van der Waals surface area (Å²) in [6.07, 6.45) is 0.921. The van der Waals surface area contributed by atoms with Gasteiger partial charge in [-0.15, -0.1) is 11.3 Å². The van der Waals surface area contributed by atoms with Gasteiger partial charge in [0.15, 0.2) is 4.34 Å². The van der Waals surface area contributed by atoms with Gasteiger partial charge in [0.1, 0.15) is 5.75 Å². The van der Waals surface area contributed by atoms with Gasteiger partial charge < -0.3 is 9.64 Å². The summed E-state index contributed by atoms with van der Waals surface area (Å²) in [5, 5.41) is 0. The molecule has 1 amide bonds. The average molecular weight is 413 g/mol. The van der Waals surface area contributed by atoms with Crippen LogP contribution in [-0.2, 0) is 4.79 Å². The normalized spacial score (nSPS) is 18.1. The molecule has 1 aliphatic heterocycles. The van der Waals surface area contributed by atoms with Crippen molar-refractivity contribution in [3.63, 3.8) is 0 Å². The van der Waals surface area contributed by atoms with E-state index in [9.17, 15) is 4.79 Å². The second-order valence-corrected chi connectivity index (χ2v) is 10.1. The lowest BCUT2D eigenvalue weighted by Crippen LogP contribution is -2.52. The van der Waals surface area contributed by atoms with E-state index < -0.39 is 0 Å². The quantitative estimate of drug-likeness (QED) is 0.514. The van der Waals surface area contributed by atoms with Crippen molar-refractivity contribution in [2.45, 2.75) is 43.0 Å². The molecule has 1 aromatic heterocycles. The van der Waals surface area contributed by atoms with Crippen molar-refractivity contribution >= 4 is 44.9 Å². The summed E-state index contributed by atoms with van der Waals surface area (Å²) in [5.41, 5.74) is 2.94. The fraction of sp³-hybridized carbons (Fsp3) is 0.364. The number of carbonyl (C=O) groups excluding carboxylic acids is 1. The minimum atomic E-state index is -0.230. The highest BCUT2D eigenvalue weighted by Crippen LogP contribution is 2.45. The molecule has 0 unspecified atom stereocenters. The molecule has 0 spiro atoms. The predicted molar refractivity (Wildman–Crippen MR) is 118 cm³/mol. The van der Waals surface area contributed by atoms with Crippen LogP contribution in [0.3, 0.4) is 0 Å². The van der Waals surface area contributed by atoms with Crippen LogP contribution in [0.25, 0.3) is 10.2 Å². The molecule has 2 heterocycles. The average Bonchev–Trinajstić information content (AvgIpc) is 3.08. The van der Waals surface area contributed by atoms with Gasteiger partial charge in [-0.1, -0.05) is 30.8 Å². The minimum absolute atomic E-state index is 0.118. The van der Waals surface area contributed by atoms with E-state index in [0.29, 0.717) is 11.7 Å².